The number of hydrogen-bond acceptors (Lipinski definition) is 6. The van der Waals surface area contributed by atoms with E-state index in [0.29, 0.717) is 32.1 Å². The zero-order chi connectivity index (χ0) is 13.8. The fourth-order valence-electron chi connectivity index (χ4n) is 2.21. The summed E-state index contributed by atoms with van der Waals surface area (Å²) in [6, 6.07) is 0. The Balaban J connectivity index is 1.95. The van der Waals surface area contributed by atoms with Gasteiger partial charge in [-0.1, -0.05) is 0 Å². The monoisotopic (exact) mass is 270 g/mol. The number of nitrogens with zero attached hydrogens (tertiary/aromatic N) is 4. The first kappa shape index (κ1) is 13.9. The van der Waals surface area contributed by atoms with Gasteiger partial charge in [-0.15, -0.1) is 0 Å². The maximum atomic E-state index is 10.9. The fourth-order valence-corrected chi connectivity index (χ4v) is 2.21. The van der Waals surface area contributed by atoms with Crippen molar-refractivity contribution in [1.29, 1.82) is 0 Å². The molecule has 8 nitrogen and oxygen atoms in total. The molecule has 106 valence electrons. The molecule has 2 rings (SSSR count). The number of nitro groups is 1. The van der Waals surface area contributed by atoms with Crippen LogP contribution in [0.15, 0.2) is 6.20 Å². The first-order valence-corrected chi connectivity index (χ1v) is 6.23. The van der Waals surface area contributed by atoms with E-state index in [4.69, 9.17) is 9.84 Å². The normalized spacial score (nSPS) is 20.6. The van der Waals surface area contributed by atoms with Gasteiger partial charge in [0.1, 0.15) is 12.7 Å². The van der Waals surface area contributed by atoms with Crippen molar-refractivity contribution in [3.05, 3.63) is 22.1 Å². The van der Waals surface area contributed by atoms with Gasteiger partial charge in [0, 0.05) is 26.6 Å². The molecular formula is C11H18N4O4. The van der Waals surface area contributed by atoms with E-state index in [2.05, 4.69) is 9.88 Å². The molecule has 0 radical (unpaired) electrons. The van der Waals surface area contributed by atoms with Gasteiger partial charge in [-0.25, -0.2) is 9.55 Å². The van der Waals surface area contributed by atoms with Crippen LogP contribution in [0.5, 0.6) is 0 Å². The lowest BCUT2D eigenvalue weighted by molar-refractivity contribution is -0.392. The van der Waals surface area contributed by atoms with Crippen molar-refractivity contribution in [1.82, 2.24) is 14.5 Å². The van der Waals surface area contributed by atoms with Gasteiger partial charge >= 0.3 is 5.82 Å². The van der Waals surface area contributed by atoms with Crippen LogP contribution >= 0.6 is 0 Å². The SMILES string of the molecule is Cc1ncc([N+](=O)[O-])n1CCN1CCOC(CO)C1. The minimum Gasteiger partial charge on any atom is -0.394 e. The summed E-state index contributed by atoms with van der Waals surface area (Å²) in [7, 11) is 0. The van der Waals surface area contributed by atoms with Gasteiger partial charge in [0.25, 0.3) is 0 Å². The van der Waals surface area contributed by atoms with Crippen LogP contribution in [0.25, 0.3) is 0 Å². The summed E-state index contributed by atoms with van der Waals surface area (Å²) in [6.45, 7) is 4.95. The highest BCUT2D eigenvalue weighted by Gasteiger charge is 2.22. The quantitative estimate of drug-likeness (QED) is 0.588. The topological polar surface area (TPSA) is 93.7 Å². The number of rotatable bonds is 5. The predicted molar refractivity (Wildman–Crippen MR) is 66.9 cm³/mol. The minimum atomic E-state index is -0.421. The van der Waals surface area contributed by atoms with Crippen LogP contribution in [0.1, 0.15) is 5.82 Å². The molecule has 0 aliphatic carbocycles. The third-order valence-corrected chi connectivity index (χ3v) is 3.29. The van der Waals surface area contributed by atoms with E-state index in [1.165, 1.54) is 6.20 Å². The summed E-state index contributed by atoms with van der Waals surface area (Å²) < 4.78 is 6.96. The molecule has 1 fully saturated rings. The Bertz CT molecular complexity index is 448. The number of aryl methyl sites for hydroxylation is 1. The average molecular weight is 270 g/mol. The summed E-state index contributed by atoms with van der Waals surface area (Å²) in [5.74, 6) is 0.656. The van der Waals surface area contributed by atoms with Crippen LogP contribution in [-0.4, -0.2) is 63.4 Å². The van der Waals surface area contributed by atoms with Crippen molar-refractivity contribution in [2.75, 3.05) is 32.8 Å². The standard InChI is InChI=1S/C11H18N4O4/c1-9-12-6-11(15(17)18)14(9)3-2-13-4-5-19-10(7-13)8-16/h6,10,16H,2-5,7-8H2,1H3. The van der Waals surface area contributed by atoms with Crippen LogP contribution in [0, 0.1) is 17.0 Å². The molecule has 0 amide bonds. The van der Waals surface area contributed by atoms with Crippen molar-refractivity contribution >= 4 is 5.82 Å². The molecule has 1 aliphatic rings. The summed E-state index contributed by atoms with van der Waals surface area (Å²) in [6.07, 6.45) is 1.12. The molecule has 1 aliphatic heterocycles. The molecule has 1 atom stereocenters. The molecule has 0 bridgehead atoms. The highest BCUT2D eigenvalue weighted by molar-refractivity contribution is 5.18. The molecule has 1 aromatic rings. The molecule has 0 spiro atoms. The Kier molecular flexibility index (Phi) is 4.46. The van der Waals surface area contributed by atoms with E-state index in [0.717, 1.165) is 6.54 Å². The van der Waals surface area contributed by atoms with E-state index in [9.17, 15) is 10.1 Å². The van der Waals surface area contributed by atoms with E-state index in [1.807, 2.05) is 0 Å². The number of hydrogen-bond donors (Lipinski definition) is 1. The third kappa shape index (κ3) is 3.28. The molecule has 0 saturated carbocycles. The molecule has 8 heteroatoms. The smallest absolute Gasteiger partial charge is 0.342 e. The van der Waals surface area contributed by atoms with Gasteiger partial charge in [0.05, 0.1) is 19.3 Å². The molecule has 1 N–H and O–H groups in total. The third-order valence-electron chi connectivity index (χ3n) is 3.29. The number of imidazole rings is 1. The Morgan fingerprint density at radius 1 is 1.63 bits per heavy atom. The molecule has 1 saturated heterocycles. The minimum absolute atomic E-state index is 0.000745. The van der Waals surface area contributed by atoms with Crippen LogP contribution in [0.2, 0.25) is 0 Å². The highest BCUT2D eigenvalue weighted by atomic mass is 16.6. The van der Waals surface area contributed by atoms with E-state index >= 15 is 0 Å². The number of morpholine rings is 1. The maximum absolute atomic E-state index is 10.9. The van der Waals surface area contributed by atoms with Crippen molar-refractivity contribution in [3.63, 3.8) is 0 Å². The van der Waals surface area contributed by atoms with Crippen LogP contribution in [-0.2, 0) is 11.3 Å². The van der Waals surface area contributed by atoms with E-state index < -0.39 is 4.92 Å². The van der Waals surface area contributed by atoms with Crippen LogP contribution in [0.3, 0.4) is 0 Å². The zero-order valence-electron chi connectivity index (χ0n) is 10.9. The van der Waals surface area contributed by atoms with Gasteiger partial charge < -0.3 is 20.0 Å². The molecule has 1 aromatic heterocycles. The fraction of sp³-hybridized carbons (Fsp3) is 0.727. The second kappa shape index (κ2) is 6.09. The predicted octanol–water partition coefficient (Wildman–Crippen LogP) is -0.207. The Morgan fingerprint density at radius 2 is 2.42 bits per heavy atom. The highest BCUT2D eigenvalue weighted by Crippen LogP contribution is 2.14. The molecule has 2 heterocycles. The lowest BCUT2D eigenvalue weighted by Crippen LogP contribution is -2.45. The Labute approximate surface area is 110 Å². The van der Waals surface area contributed by atoms with Crippen molar-refractivity contribution in [2.24, 2.45) is 0 Å². The van der Waals surface area contributed by atoms with Crippen LogP contribution in [0.4, 0.5) is 5.82 Å². The molecule has 1 unspecified atom stereocenters. The van der Waals surface area contributed by atoms with Crippen LogP contribution < -0.4 is 0 Å². The summed E-state index contributed by atoms with van der Waals surface area (Å²) in [5, 5.41) is 19.9. The summed E-state index contributed by atoms with van der Waals surface area (Å²) >= 11 is 0. The second-order valence-corrected chi connectivity index (χ2v) is 4.55. The largest absolute Gasteiger partial charge is 0.394 e. The average Bonchev–Trinajstić information content (AvgIpc) is 2.78. The number of aliphatic hydroxyl groups is 1. The number of aromatic nitrogens is 2. The van der Waals surface area contributed by atoms with Gasteiger partial charge in [-0.2, -0.15) is 0 Å². The second-order valence-electron chi connectivity index (χ2n) is 4.55. The number of aliphatic hydroxyl groups excluding tert-OH is 1. The van der Waals surface area contributed by atoms with Gasteiger partial charge in [0.2, 0.25) is 0 Å². The lowest BCUT2D eigenvalue weighted by Gasteiger charge is -2.31. The van der Waals surface area contributed by atoms with E-state index in [1.54, 1.807) is 11.5 Å². The molecule has 0 aromatic carbocycles. The molecule has 19 heavy (non-hydrogen) atoms. The van der Waals surface area contributed by atoms with Crippen molar-refractivity contribution in [3.8, 4) is 0 Å². The first-order chi connectivity index (χ1) is 9.11. The maximum Gasteiger partial charge on any atom is 0.342 e. The number of ether oxygens (including phenoxy) is 1. The first-order valence-electron chi connectivity index (χ1n) is 6.23. The van der Waals surface area contributed by atoms with Crippen molar-refractivity contribution in [2.45, 2.75) is 19.6 Å². The van der Waals surface area contributed by atoms with Gasteiger partial charge in [-0.05, 0) is 4.92 Å². The summed E-state index contributed by atoms with van der Waals surface area (Å²) in [5.41, 5.74) is 0. The lowest BCUT2D eigenvalue weighted by atomic mass is 10.3. The molecular weight excluding hydrogens is 252 g/mol. The zero-order valence-corrected chi connectivity index (χ0v) is 10.9. The summed E-state index contributed by atoms with van der Waals surface area (Å²) in [4.78, 5) is 16.5. The van der Waals surface area contributed by atoms with Gasteiger partial charge in [0.15, 0.2) is 5.82 Å². The van der Waals surface area contributed by atoms with E-state index in [-0.39, 0.29) is 18.5 Å². The Morgan fingerprint density at radius 3 is 3.11 bits per heavy atom. The van der Waals surface area contributed by atoms with Gasteiger partial charge in [-0.3, -0.25) is 4.90 Å². The Hall–Kier alpha value is -1.51. The van der Waals surface area contributed by atoms with Crippen molar-refractivity contribution < 1.29 is 14.8 Å².